The average Bonchev–Trinajstić information content (AvgIpc) is 1.35. The van der Waals surface area contributed by atoms with Gasteiger partial charge >= 0.3 is 50.5 Å². The molecule has 1 nitrogen and oxygen atoms in total. The summed E-state index contributed by atoms with van der Waals surface area (Å²) in [4.78, 5) is 1.08. The van der Waals surface area contributed by atoms with Crippen LogP contribution in [0.3, 0.4) is 0 Å². The van der Waals surface area contributed by atoms with Gasteiger partial charge in [0.25, 0.3) is 0 Å². The molecule has 0 bridgehead atoms. The molecular weight excluding hydrogens is 110 g/mol. The Balaban J connectivity index is 2.63. The molecule has 0 rings (SSSR count). The van der Waals surface area contributed by atoms with Gasteiger partial charge in [0.15, 0.2) is 0 Å². The zero-order chi connectivity index (χ0) is 4.99. The molecule has 0 aromatic heterocycles. The van der Waals surface area contributed by atoms with Gasteiger partial charge in [0, 0.05) is 0 Å². The van der Waals surface area contributed by atoms with Crippen molar-refractivity contribution in [2.24, 2.45) is 0 Å². The van der Waals surface area contributed by atoms with Gasteiger partial charge in [-0.1, -0.05) is 0 Å². The molecule has 0 unspecified atom stereocenters. The molecule has 0 saturated carbocycles. The first-order valence-corrected chi connectivity index (χ1v) is 3.25. The van der Waals surface area contributed by atoms with Crippen LogP contribution in [-0.4, -0.2) is 10.9 Å². The summed E-state index contributed by atoms with van der Waals surface area (Å²) in [6.45, 7) is 4.28. The van der Waals surface area contributed by atoms with Gasteiger partial charge in [-0.25, -0.2) is 0 Å². The van der Waals surface area contributed by atoms with Crippen molar-refractivity contribution in [1.29, 1.82) is 0 Å². The maximum atomic E-state index is 3.21. The first-order valence-electron chi connectivity index (χ1n) is 2.15. The van der Waals surface area contributed by atoms with Gasteiger partial charge in [0.05, 0.1) is 0 Å². The summed E-state index contributed by atoms with van der Waals surface area (Å²) >= 11 is 2.11. The molecule has 0 aromatic carbocycles. The van der Waals surface area contributed by atoms with Crippen LogP contribution in [0.15, 0.2) is 0 Å². The van der Waals surface area contributed by atoms with Crippen molar-refractivity contribution in [1.82, 2.24) is 5.32 Å². The molecule has 0 fully saturated rings. The molecule has 0 heterocycles. The van der Waals surface area contributed by atoms with Gasteiger partial charge in [-0.15, -0.1) is 0 Å². The third kappa shape index (κ3) is 4.67. The normalized spacial score (nSPS) is 9.67. The summed E-state index contributed by atoms with van der Waals surface area (Å²) in [5.74, 6) is 0. The summed E-state index contributed by atoms with van der Waals surface area (Å²) in [6, 6.07) is 0.648. The summed E-state index contributed by atoms with van der Waals surface area (Å²) in [5.41, 5.74) is 0. The fourth-order valence-electron chi connectivity index (χ4n) is 0.204. The molecule has 0 atom stereocenters. The van der Waals surface area contributed by atoms with E-state index in [1.165, 1.54) is 0 Å². The standard InChI is InChI=1S/C4H10N.Ti/c1-4(2)5-3;/h4-5H,3H2,1-2H3;. The summed E-state index contributed by atoms with van der Waals surface area (Å²) in [7, 11) is 0. The molecule has 0 amide bonds. The second-order valence-corrected chi connectivity index (χ2v) is 2.09. The fraction of sp³-hybridized carbons (Fsp3) is 1.00. The van der Waals surface area contributed by atoms with Gasteiger partial charge in [-0.05, 0) is 0 Å². The van der Waals surface area contributed by atoms with Gasteiger partial charge in [0.1, 0.15) is 0 Å². The predicted octanol–water partition coefficient (Wildman–Crippen LogP) is 0.489. The van der Waals surface area contributed by atoms with Crippen LogP contribution in [0.1, 0.15) is 13.8 Å². The van der Waals surface area contributed by atoms with Crippen LogP contribution in [0.25, 0.3) is 0 Å². The second kappa shape index (κ2) is 3.85. The minimum atomic E-state index is 0.648. The molecule has 0 aliphatic rings. The van der Waals surface area contributed by atoms with Crippen molar-refractivity contribution in [3.63, 3.8) is 0 Å². The van der Waals surface area contributed by atoms with E-state index in [9.17, 15) is 0 Å². The molecule has 0 spiro atoms. The van der Waals surface area contributed by atoms with Gasteiger partial charge in [-0.3, -0.25) is 0 Å². The molecule has 1 N–H and O–H groups in total. The van der Waals surface area contributed by atoms with Crippen LogP contribution >= 0.6 is 0 Å². The van der Waals surface area contributed by atoms with Crippen molar-refractivity contribution >= 4 is 0 Å². The first-order chi connectivity index (χ1) is 2.77. The molecule has 0 aliphatic heterocycles. The van der Waals surface area contributed by atoms with E-state index in [1.54, 1.807) is 0 Å². The van der Waals surface area contributed by atoms with E-state index in [1.807, 2.05) is 0 Å². The van der Waals surface area contributed by atoms with Crippen LogP contribution in [-0.2, 0) is 20.4 Å². The zero-order valence-corrected chi connectivity index (χ0v) is 5.85. The first kappa shape index (κ1) is 6.67. The van der Waals surface area contributed by atoms with E-state index < -0.39 is 0 Å². The van der Waals surface area contributed by atoms with Crippen molar-refractivity contribution in [3.8, 4) is 0 Å². The van der Waals surface area contributed by atoms with E-state index in [0.717, 1.165) is 4.85 Å². The number of nitrogens with one attached hydrogen (secondary N) is 1. The van der Waals surface area contributed by atoms with E-state index >= 15 is 0 Å². The van der Waals surface area contributed by atoms with E-state index in [0.29, 0.717) is 6.04 Å². The van der Waals surface area contributed by atoms with Crippen molar-refractivity contribution in [2.75, 3.05) is 4.85 Å². The fourth-order valence-corrected chi connectivity index (χ4v) is 0.842. The molecule has 2 heteroatoms. The Morgan fingerprint density at radius 1 is 1.67 bits per heavy atom. The quantitative estimate of drug-likeness (QED) is 0.523. The van der Waals surface area contributed by atoms with Crippen LogP contribution in [0, 0.1) is 0 Å². The van der Waals surface area contributed by atoms with Crippen molar-refractivity contribution < 1.29 is 20.4 Å². The molecular formula is C4H10NTi. The average molecular weight is 120 g/mol. The topological polar surface area (TPSA) is 12.0 Å². The van der Waals surface area contributed by atoms with E-state index in [4.69, 9.17) is 0 Å². The van der Waals surface area contributed by atoms with Crippen LogP contribution in [0.2, 0.25) is 0 Å². The number of rotatable bonds is 2. The molecule has 0 aliphatic carbocycles. The second-order valence-electron chi connectivity index (χ2n) is 1.54. The Kier molecular flexibility index (Phi) is 4.28. The van der Waals surface area contributed by atoms with Crippen LogP contribution in [0.4, 0.5) is 0 Å². The molecule has 0 aromatic rings. The van der Waals surface area contributed by atoms with Crippen LogP contribution in [0.5, 0.6) is 0 Å². The maximum absolute atomic E-state index is 3.21. The Morgan fingerprint density at radius 3 is 2.17 bits per heavy atom. The van der Waals surface area contributed by atoms with E-state index in [-0.39, 0.29) is 0 Å². The van der Waals surface area contributed by atoms with Gasteiger partial charge < -0.3 is 0 Å². The third-order valence-electron chi connectivity index (χ3n) is 0.510. The summed E-state index contributed by atoms with van der Waals surface area (Å²) in [6.07, 6.45) is 0. The van der Waals surface area contributed by atoms with Crippen molar-refractivity contribution in [2.45, 2.75) is 19.9 Å². The zero-order valence-electron chi connectivity index (χ0n) is 4.28. The Bertz CT molecular complexity index is 28.7. The Morgan fingerprint density at radius 2 is 2.17 bits per heavy atom. The van der Waals surface area contributed by atoms with Crippen molar-refractivity contribution in [3.05, 3.63) is 0 Å². The van der Waals surface area contributed by atoms with Crippen LogP contribution < -0.4 is 5.32 Å². The van der Waals surface area contributed by atoms with E-state index in [2.05, 4.69) is 39.6 Å². The minimum absolute atomic E-state index is 0.648. The Hall–Kier alpha value is 0.674. The molecule has 0 saturated heterocycles. The van der Waals surface area contributed by atoms with Gasteiger partial charge in [-0.2, -0.15) is 0 Å². The third-order valence-corrected chi connectivity index (χ3v) is 0.829. The Labute approximate surface area is 50.9 Å². The number of hydrogen-bond acceptors (Lipinski definition) is 1. The SMILES string of the molecule is CC(C)N[CH2][Ti]. The number of hydrogen-bond donors (Lipinski definition) is 1. The molecule has 6 heavy (non-hydrogen) atoms. The van der Waals surface area contributed by atoms with Gasteiger partial charge in [0.2, 0.25) is 0 Å². The molecule has 35 valence electrons. The monoisotopic (exact) mass is 120 g/mol. The predicted molar refractivity (Wildman–Crippen MR) is 23.1 cm³/mol. The molecule has 0 radical (unpaired) electrons. The summed E-state index contributed by atoms with van der Waals surface area (Å²) < 4.78 is 0. The summed E-state index contributed by atoms with van der Waals surface area (Å²) in [5, 5.41) is 3.21.